The third kappa shape index (κ3) is 3.04. The second-order valence-corrected chi connectivity index (χ2v) is 4.82. The van der Waals surface area contributed by atoms with E-state index in [-0.39, 0.29) is 12.3 Å². The van der Waals surface area contributed by atoms with E-state index in [1.807, 2.05) is 24.7 Å². The fourth-order valence-electron chi connectivity index (χ4n) is 1.91. The summed E-state index contributed by atoms with van der Waals surface area (Å²) in [6.45, 7) is 7.11. The maximum absolute atomic E-state index is 12.1. The van der Waals surface area contributed by atoms with Crippen LogP contribution >= 0.6 is 0 Å². The number of rotatable bonds is 5. The van der Waals surface area contributed by atoms with Crippen LogP contribution in [0, 0.1) is 13.8 Å². The molecule has 0 aliphatic carbocycles. The summed E-state index contributed by atoms with van der Waals surface area (Å²) in [4.78, 5) is 13.8. The van der Waals surface area contributed by atoms with E-state index >= 15 is 0 Å². The van der Waals surface area contributed by atoms with E-state index in [4.69, 9.17) is 0 Å². The molecule has 0 atom stereocenters. The van der Waals surface area contributed by atoms with Gasteiger partial charge in [-0.15, -0.1) is 0 Å². The Bertz CT molecular complexity index is 602. The number of carbonyl (C=O) groups is 1. The van der Waals surface area contributed by atoms with Gasteiger partial charge in [0.25, 0.3) is 0 Å². The third-order valence-corrected chi connectivity index (χ3v) is 3.27. The average Bonchev–Trinajstić information content (AvgIpc) is 2.97. The van der Waals surface area contributed by atoms with Crippen LogP contribution in [-0.4, -0.2) is 37.9 Å². The predicted molar refractivity (Wildman–Crippen MR) is 71.9 cm³/mol. The molecule has 0 N–H and O–H groups in total. The van der Waals surface area contributed by atoms with Gasteiger partial charge < -0.3 is 4.90 Å². The van der Waals surface area contributed by atoms with Gasteiger partial charge in [-0.1, -0.05) is 10.3 Å². The number of hydrogen-bond acceptors (Lipinski definition) is 5. The lowest BCUT2D eigenvalue weighted by Gasteiger charge is -2.16. The van der Waals surface area contributed by atoms with Gasteiger partial charge in [0.15, 0.2) is 0 Å². The molecule has 2 aromatic heterocycles. The van der Waals surface area contributed by atoms with E-state index in [9.17, 15) is 4.79 Å². The predicted octanol–water partition coefficient (Wildman–Crippen LogP) is 1.10. The van der Waals surface area contributed by atoms with Crippen LogP contribution in [0.4, 0.5) is 0 Å². The normalized spacial score (nSPS) is 10.8. The summed E-state index contributed by atoms with van der Waals surface area (Å²) in [5, 5.41) is 11.8. The summed E-state index contributed by atoms with van der Waals surface area (Å²) in [6, 6.07) is 0. The van der Waals surface area contributed by atoms with Crippen LogP contribution in [-0.2, 0) is 24.3 Å². The van der Waals surface area contributed by atoms with Gasteiger partial charge in [-0.3, -0.25) is 9.48 Å². The summed E-state index contributed by atoms with van der Waals surface area (Å²) in [7, 11) is 1.77. The number of amides is 1. The number of nitrogens with zero attached hydrogens (tertiary/aromatic N) is 5. The smallest absolute Gasteiger partial charge is 0.228 e. The second kappa shape index (κ2) is 5.85. The molecule has 0 saturated carbocycles. The monoisotopic (exact) mass is 277 g/mol. The van der Waals surface area contributed by atoms with Crippen molar-refractivity contribution in [1.29, 1.82) is 0 Å². The molecular weight excluding hydrogens is 258 g/mol. The molecule has 2 rings (SSSR count). The van der Waals surface area contributed by atoms with Crippen molar-refractivity contribution in [3.05, 3.63) is 28.8 Å². The molecule has 1 amide bonds. The zero-order chi connectivity index (χ0) is 14.7. The van der Waals surface area contributed by atoms with Crippen molar-refractivity contribution in [1.82, 2.24) is 25.0 Å². The van der Waals surface area contributed by atoms with Gasteiger partial charge in [-0.25, -0.2) is 4.63 Å². The molecule has 2 heterocycles. The maximum Gasteiger partial charge on any atom is 0.228 e. The van der Waals surface area contributed by atoms with Gasteiger partial charge in [0.1, 0.15) is 11.4 Å². The molecular formula is C13H19N5O2. The lowest BCUT2D eigenvalue weighted by atomic mass is 10.2. The number of aryl methyl sites for hydroxylation is 3. The minimum absolute atomic E-state index is 0.0209. The number of aromatic nitrogens is 4. The van der Waals surface area contributed by atoms with E-state index < -0.39 is 0 Å². The molecule has 0 spiro atoms. The van der Waals surface area contributed by atoms with Gasteiger partial charge >= 0.3 is 0 Å². The Balaban J connectivity index is 2.00. The fraction of sp³-hybridized carbons (Fsp3) is 0.538. The molecule has 20 heavy (non-hydrogen) atoms. The summed E-state index contributed by atoms with van der Waals surface area (Å²) in [5.41, 5.74) is 3.24. The number of carbonyl (C=O) groups excluding carboxylic acids is 1. The van der Waals surface area contributed by atoms with Crippen molar-refractivity contribution < 1.29 is 9.42 Å². The quantitative estimate of drug-likeness (QED) is 0.818. The molecule has 7 nitrogen and oxygen atoms in total. The summed E-state index contributed by atoms with van der Waals surface area (Å²) in [5.74, 6) is -0.0209. The Labute approximate surface area is 117 Å². The third-order valence-electron chi connectivity index (χ3n) is 3.27. The fourth-order valence-corrected chi connectivity index (χ4v) is 1.91. The number of hydrogen-bond donors (Lipinski definition) is 0. The van der Waals surface area contributed by atoms with E-state index in [2.05, 4.69) is 20.0 Å². The highest BCUT2D eigenvalue weighted by molar-refractivity contribution is 5.78. The van der Waals surface area contributed by atoms with Crippen LogP contribution in [0.3, 0.4) is 0 Å². The molecule has 0 aliphatic heterocycles. The van der Waals surface area contributed by atoms with Crippen LogP contribution < -0.4 is 0 Å². The van der Waals surface area contributed by atoms with Gasteiger partial charge in [-0.05, 0) is 20.8 Å². The molecule has 0 bridgehead atoms. The van der Waals surface area contributed by atoms with Crippen molar-refractivity contribution >= 4 is 5.91 Å². The Hall–Kier alpha value is -2.18. The second-order valence-electron chi connectivity index (χ2n) is 4.82. The highest BCUT2D eigenvalue weighted by Gasteiger charge is 2.16. The van der Waals surface area contributed by atoms with Gasteiger partial charge in [0.2, 0.25) is 5.91 Å². The maximum atomic E-state index is 12.1. The average molecular weight is 277 g/mol. The first-order valence-electron chi connectivity index (χ1n) is 6.56. The molecule has 0 unspecified atom stereocenters. The van der Waals surface area contributed by atoms with Gasteiger partial charge in [-0.2, -0.15) is 5.10 Å². The molecule has 0 aromatic carbocycles. The van der Waals surface area contributed by atoms with Crippen LogP contribution in [0.25, 0.3) is 0 Å². The van der Waals surface area contributed by atoms with Crippen molar-refractivity contribution in [3.8, 4) is 0 Å². The zero-order valence-electron chi connectivity index (χ0n) is 12.3. The summed E-state index contributed by atoms with van der Waals surface area (Å²) >= 11 is 0. The van der Waals surface area contributed by atoms with Crippen molar-refractivity contribution in [2.45, 2.75) is 40.3 Å². The van der Waals surface area contributed by atoms with Crippen LogP contribution in [0.15, 0.2) is 10.8 Å². The van der Waals surface area contributed by atoms with E-state index in [1.54, 1.807) is 18.9 Å². The van der Waals surface area contributed by atoms with Gasteiger partial charge in [0.05, 0.1) is 12.1 Å². The molecule has 2 aromatic rings. The van der Waals surface area contributed by atoms with Gasteiger partial charge in [0, 0.05) is 31.9 Å². The SMILES string of the molecule is CCn1cc(CN(C)C(=O)Cc2nonc2C)c(C)n1. The Morgan fingerprint density at radius 3 is 2.65 bits per heavy atom. The zero-order valence-corrected chi connectivity index (χ0v) is 12.3. The highest BCUT2D eigenvalue weighted by atomic mass is 16.6. The van der Waals surface area contributed by atoms with Crippen molar-refractivity contribution in [2.75, 3.05) is 7.05 Å². The first kappa shape index (κ1) is 14.2. The first-order valence-corrected chi connectivity index (χ1v) is 6.56. The molecule has 108 valence electrons. The molecule has 7 heteroatoms. The lowest BCUT2D eigenvalue weighted by molar-refractivity contribution is -0.129. The standard InChI is InChI=1S/C13H19N5O2/c1-5-18-8-11(9(2)14-18)7-17(4)13(19)6-12-10(3)15-20-16-12/h8H,5-7H2,1-4H3. The molecule has 0 radical (unpaired) electrons. The molecule has 0 fully saturated rings. The summed E-state index contributed by atoms with van der Waals surface area (Å²) < 4.78 is 6.47. The Kier molecular flexibility index (Phi) is 4.16. The summed E-state index contributed by atoms with van der Waals surface area (Å²) in [6.07, 6.45) is 2.18. The van der Waals surface area contributed by atoms with Crippen LogP contribution in [0.5, 0.6) is 0 Å². The Morgan fingerprint density at radius 2 is 2.10 bits per heavy atom. The topological polar surface area (TPSA) is 77.0 Å². The largest absolute Gasteiger partial charge is 0.341 e. The lowest BCUT2D eigenvalue weighted by Crippen LogP contribution is -2.28. The van der Waals surface area contributed by atoms with Crippen LogP contribution in [0.1, 0.15) is 29.6 Å². The van der Waals surface area contributed by atoms with Crippen molar-refractivity contribution in [2.24, 2.45) is 0 Å². The molecule has 0 saturated heterocycles. The van der Waals surface area contributed by atoms with E-state index in [0.29, 0.717) is 17.9 Å². The highest BCUT2D eigenvalue weighted by Crippen LogP contribution is 2.10. The van der Waals surface area contributed by atoms with E-state index in [0.717, 1.165) is 17.8 Å². The first-order chi connectivity index (χ1) is 9.51. The minimum Gasteiger partial charge on any atom is -0.341 e. The Morgan fingerprint density at radius 1 is 1.35 bits per heavy atom. The number of likely N-dealkylation sites (N-methyl/N-ethyl adjacent to an activating group) is 1. The van der Waals surface area contributed by atoms with Crippen molar-refractivity contribution in [3.63, 3.8) is 0 Å². The minimum atomic E-state index is -0.0209. The molecule has 0 aliphatic rings. The van der Waals surface area contributed by atoms with E-state index in [1.165, 1.54) is 0 Å². The van der Waals surface area contributed by atoms with Crippen LogP contribution in [0.2, 0.25) is 0 Å².